The van der Waals surface area contributed by atoms with Crippen LogP contribution in [0.5, 0.6) is 0 Å². The SMILES string of the molecule is CN(C(=O)c1ccccc1Br)C1(CC(=O)O)CCCCC1. The lowest BCUT2D eigenvalue weighted by atomic mass is 9.78. The molecule has 1 aromatic carbocycles. The summed E-state index contributed by atoms with van der Waals surface area (Å²) >= 11 is 3.39. The number of hydrogen-bond donors (Lipinski definition) is 1. The zero-order valence-electron chi connectivity index (χ0n) is 12.1. The minimum Gasteiger partial charge on any atom is -0.481 e. The van der Waals surface area contributed by atoms with Gasteiger partial charge in [0.25, 0.3) is 5.91 Å². The molecule has 1 aliphatic rings. The predicted octanol–water partition coefficient (Wildman–Crippen LogP) is 3.70. The second kappa shape index (κ2) is 6.60. The van der Waals surface area contributed by atoms with Gasteiger partial charge in [-0.15, -0.1) is 0 Å². The van der Waals surface area contributed by atoms with Crippen LogP contribution in [0.4, 0.5) is 0 Å². The zero-order chi connectivity index (χ0) is 15.5. The van der Waals surface area contributed by atoms with Gasteiger partial charge in [0.05, 0.1) is 17.5 Å². The maximum atomic E-state index is 12.8. The first-order valence-electron chi connectivity index (χ1n) is 7.21. The van der Waals surface area contributed by atoms with Crippen molar-refractivity contribution < 1.29 is 14.7 Å². The lowest BCUT2D eigenvalue weighted by Gasteiger charge is -2.44. The Labute approximate surface area is 133 Å². The summed E-state index contributed by atoms with van der Waals surface area (Å²) in [5.41, 5.74) is 0.0199. The van der Waals surface area contributed by atoms with E-state index in [0.29, 0.717) is 5.56 Å². The van der Waals surface area contributed by atoms with Crippen LogP contribution in [0.25, 0.3) is 0 Å². The van der Waals surface area contributed by atoms with Gasteiger partial charge in [0, 0.05) is 11.5 Å². The highest BCUT2D eigenvalue weighted by molar-refractivity contribution is 9.10. The molecule has 1 N–H and O–H groups in total. The lowest BCUT2D eigenvalue weighted by Crippen LogP contribution is -2.52. The van der Waals surface area contributed by atoms with Crippen molar-refractivity contribution in [2.24, 2.45) is 0 Å². The largest absolute Gasteiger partial charge is 0.481 e. The van der Waals surface area contributed by atoms with Gasteiger partial charge in [-0.3, -0.25) is 9.59 Å². The Hall–Kier alpha value is -1.36. The topological polar surface area (TPSA) is 57.6 Å². The summed E-state index contributed by atoms with van der Waals surface area (Å²) in [6.07, 6.45) is 4.58. The van der Waals surface area contributed by atoms with Gasteiger partial charge in [-0.1, -0.05) is 31.4 Å². The van der Waals surface area contributed by atoms with E-state index < -0.39 is 11.5 Å². The van der Waals surface area contributed by atoms with Crippen LogP contribution in [0.2, 0.25) is 0 Å². The highest BCUT2D eigenvalue weighted by Gasteiger charge is 2.40. The third-order valence-electron chi connectivity index (χ3n) is 4.38. The smallest absolute Gasteiger partial charge is 0.305 e. The molecule has 0 radical (unpaired) electrons. The van der Waals surface area contributed by atoms with E-state index >= 15 is 0 Å². The molecule has 1 amide bonds. The molecule has 0 aliphatic heterocycles. The van der Waals surface area contributed by atoms with Crippen molar-refractivity contribution in [3.05, 3.63) is 34.3 Å². The van der Waals surface area contributed by atoms with Crippen molar-refractivity contribution in [3.63, 3.8) is 0 Å². The van der Waals surface area contributed by atoms with Crippen LogP contribution in [-0.2, 0) is 4.79 Å². The average Bonchev–Trinajstić information content (AvgIpc) is 2.46. The number of carbonyl (C=O) groups excluding carboxylic acids is 1. The summed E-state index contributed by atoms with van der Waals surface area (Å²) in [6.45, 7) is 0. The van der Waals surface area contributed by atoms with Crippen molar-refractivity contribution in [2.45, 2.75) is 44.1 Å². The molecule has 1 aromatic rings. The molecule has 1 fully saturated rings. The molecule has 0 atom stereocenters. The van der Waals surface area contributed by atoms with Gasteiger partial charge in [-0.2, -0.15) is 0 Å². The van der Waals surface area contributed by atoms with E-state index in [1.54, 1.807) is 18.0 Å². The maximum absolute atomic E-state index is 12.8. The zero-order valence-corrected chi connectivity index (χ0v) is 13.7. The summed E-state index contributed by atoms with van der Waals surface area (Å²) in [6, 6.07) is 7.26. The first-order chi connectivity index (χ1) is 9.96. The third-order valence-corrected chi connectivity index (χ3v) is 5.08. The summed E-state index contributed by atoms with van der Waals surface area (Å²) in [4.78, 5) is 25.7. The summed E-state index contributed by atoms with van der Waals surface area (Å²) in [7, 11) is 1.73. The minimum atomic E-state index is -0.844. The Morgan fingerprint density at radius 1 is 1.24 bits per heavy atom. The van der Waals surface area contributed by atoms with Crippen LogP contribution in [-0.4, -0.2) is 34.5 Å². The number of carboxylic acids is 1. The molecule has 0 aromatic heterocycles. The van der Waals surface area contributed by atoms with Crippen molar-refractivity contribution >= 4 is 27.8 Å². The van der Waals surface area contributed by atoms with E-state index in [1.807, 2.05) is 18.2 Å². The molecule has 0 unspecified atom stereocenters. The van der Waals surface area contributed by atoms with Crippen LogP contribution < -0.4 is 0 Å². The monoisotopic (exact) mass is 353 g/mol. The number of carboxylic acid groups (broad SMARTS) is 1. The van der Waals surface area contributed by atoms with Gasteiger partial charge >= 0.3 is 5.97 Å². The molecule has 0 bridgehead atoms. The number of carbonyl (C=O) groups is 2. The van der Waals surface area contributed by atoms with Crippen molar-refractivity contribution in [1.29, 1.82) is 0 Å². The molecule has 114 valence electrons. The normalized spacial score (nSPS) is 17.2. The molecule has 0 heterocycles. The molecule has 0 saturated heterocycles. The van der Waals surface area contributed by atoms with Gasteiger partial charge in [0.2, 0.25) is 0 Å². The Bertz CT molecular complexity index is 538. The standard InChI is InChI=1S/C16H20BrNO3/c1-18(15(21)12-7-3-4-8-13(12)17)16(11-14(19)20)9-5-2-6-10-16/h3-4,7-8H,2,5-6,9-11H2,1H3,(H,19,20). The fourth-order valence-corrected chi connectivity index (χ4v) is 3.61. The van der Waals surface area contributed by atoms with Gasteiger partial charge in [0.15, 0.2) is 0 Å². The minimum absolute atomic E-state index is 0.0136. The molecule has 21 heavy (non-hydrogen) atoms. The Morgan fingerprint density at radius 2 is 1.86 bits per heavy atom. The van der Waals surface area contributed by atoms with E-state index in [-0.39, 0.29) is 12.3 Å². The number of nitrogens with zero attached hydrogens (tertiary/aromatic N) is 1. The van der Waals surface area contributed by atoms with Crippen LogP contribution in [0.3, 0.4) is 0 Å². The number of hydrogen-bond acceptors (Lipinski definition) is 2. The lowest BCUT2D eigenvalue weighted by molar-refractivity contribution is -0.140. The summed E-state index contributed by atoms with van der Waals surface area (Å²) in [5.74, 6) is -0.964. The predicted molar refractivity (Wildman–Crippen MR) is 84.3 cm³/mol. The van der Waals surface area contributed by atoms with E-state index in [9.17, 15) is 14.7 Å². The third kappa shape index (κ3) is 3.46. The second-order valence-corrected chi connectivity index (χ2v) is 6.55. The van der Waals surface area contributed by atoms with Gasteiger partial charge < -0.3 is 10.0 Å². The van der Waals surface area contributed by atoms with Crippen LogP contribution in [0.15, 0.2) is 28.7 Å². The van der Waals surface area contributed by atoms with Crippen LogP contribution in [0, 0.1) is 0 Å². The van der Waals surface area contributed by atoms with Gasteiger partial charge in [-0.05, 0) is 40.9 Å². The van der Waals surface area contributed by atoms with E-state index in [4.69, 9.17) is 0 Å². The Morgan fingerprint density at radius 3 is 2.43 bits per heavy atom. The van der Waals surface area contributed by atoms with Gasteiger partial charge in [-0.25, -0.2) is 0 Å². The Kier molecular flexibility index (Phi) is 5.04. The quantitative estimate of drug-likeness (QED) is 0.897. The van der Waals surface area contributed by atoms with Crippen molar-refractivity contribution in [2.75, 3.05) is 7.05 Å². The van der Waals surface area contributed by atoms with E-state index in [1.165, 1.54) is 0 Å². The average molecular weight is 354 g/mol. The fraction of sp³-hybridized carbons (Fsp3) is 0.500. The highest BCUT2D eigenvalue weighted by Crippen LogP contribution is 2.37. The summed E-state index contributed by atoms with van der Waals surface area (Å²) in [5, 5.41) is 9.24. The molecule has 4 nitrogen and oxygen atoms in total. The Balaban J connectivity index is 2.29. The van der Waals surface area contributed by atoms with Crippen LogP contribution >= 0.6 is 15.9 Å². The highest BCUT2D eigenvalue weighted by atomic mass is 79.9. The number of benzene rings is 1. The molecule has 2 rings (SSSR count). The first kappa shape index (κ1) is 16.0. The van der Waals surface area contributed by atoms with Gasteiger partial charge in [0.1, 0.15) is 0 Å². The maximum Gasteiger partial charge on any atom is 0.305 e. The fourth-order valence-electron chi connectivity index (χ4n) is 3.15. The number of rotatable bonds is 4. The molecular weight excluding hydrogens is 334 g/mol. The summed E-state index contributed by atoms with van der Waals surface area (Å²) < 4.78 is 0.739. The number of halogens is 1. The first-order valence-corrected chi connectivity index (χ1v) is 8.00. The van der Waals surface area contributed by atoms with E-state index in [2.05, 4.69) is 15.9 Å². The molecule has 0 spiro atoms. The molecule has 5 heteroatoms. The molecule has 1 saturated carbocycles. The second-order valence-electron chi connectivity index (χ2n) is 5.70. The van der Waals surface area contributed by atoms with Crippen LogP contribution in [0.1, 0.15) is 48.9 Å². The number of aliphatic carboxylic acids is 1. The van der Waals surface area contributed by atoms with E-state index in [0.717, 1.165) is 36.6 Å². The van der Waals surface area contributed by atoms with Crippen molar-refractivity contribution in [1.82, 2.24) is 4.90 Å². The van der Waals surface area contributed by atoms with Crippen molar-refractivity contribution in [3.8, 4) is 0 Å². The number of amides is 1. The molecule has 1 aliphatic carbocycles. The molecular formula is C16H20BrNO3.